The van der Waals surface area contributed by atoms with Gasteiger partial charge in [-0.15, -0.1) is 5.10 Å². The van der Waals surface area contributed by atoms with Gasteiger partial charge < -0.3 is 4.74 Å². The highest BCUT2D eigenvalue weighted by molar-refractivity contribution is 8.15. The minimum absolute atomic E-state index is 0.0121. The van der Waals surface area contributed by atoms with Gasteiger partial charge in [0.1, 0.15) is 12.1 Å². The number of nitrogens with one attached hydrogen (secondary N) is 1. The molecule has 5 rings (SSSR count). The molecule has 0 aliphatic carbocycles. The van der Waals surface area contributed by atoms with Crippen LogP contribution in [-0.4, -0.2) is 45.4 Å². The van der Waals surface area contributed by atoms with Crippen molar-refractivity contribution in [3.8, 4) is 22.8 Å². The molecule has 4 aromatic rings. The monoisotopic (exact) mass is 566 g/mol. The number of alkyl halides is 3. The number of aliphatic imine (C=N–C) groups is 1. The Bertz CT molecular complexity index is 1540. The molecule has 2 heterocycles. The third-order valence-corrected chi connectivity index (χ3v) is 7.19. The van der Waals surface area contributed by atoms with Gasteiger partial charge in [-0.1, -0.05) is 36.0 Å². The summed E-state index contributed by atoms with van der Waals surface area (Å²) in [5.74, 6) is 1.52. The normalized spacial score (nSPS) is 14.8. The van der Waals surface area contributed by atoms with Crippen LogP contribution in [0, 0.1) is 6.92 Å². The Morgan fingerprint density at radius 3 is 2.50 bits per heavy atom. The zero-order chi connectivity index (χ0) is 28.3. The Hall–Kier alpha value is -4.16. The molecule has 1 aliphatic heterocycles. The molecule has 1 fully saturated rings. The highest BCUT2D eigenvalue weighted by Crippen LogP contribution is 2.32. The number of aromatic nitrogens is 3. The smallest absolute Gasteiger partial charge is 0.416 e. The zero-order valence-electron chi connectivity index (χ0n) is 21.6. The first-order chi connectivity index (χ1) is 19.2. The number of nitrogens with zero attached hydrogens (tertiary/aromatic N) is 5. The number of anilines is 1. The molecule has 1 N–H and O–H groups in total. The fraction of sp³-hybridized carbons (Fsp3) is 0.214. The molecule has 1 aromatic heterocycles. The number of thioether (sulfide) groups is 1. The molecule has 1 saturated heterocycles. The number of ether oxygens (including phenoxy) is 1. The van der Waals surface area contributed by atoms with Crippen molar-refractivity contribution in [1.82, 2.24) is 20.1 Å². The summed E-state index contributed by atoms with van der Waals surface area (Å²) in [6.07, 6.45) is -2.92. The first-order valence-electron chi connectivity index (χ1n) is 12.3. The van der Waals surface area contributed by atoms with E-state index in [2.05, 4.69) is 20.4 Å². The van der Waals surface area contributed by atoms with Gasteiger partial charge >= 0.3 is 6.18 Å². The molecular formula is C28H25F3N6O2S. The van der Waals surface area contributed by atoms with E-state index in [-0.39, 0.29) is 5.91 Å². The summed E-state index contributed by atoms with van der Waals surface area (Å²) in [5, 5.41) is 8.32. The summed E-state index contributed by atoms with van der Waals surface area (Å²) in [4.78, 5) is 23.1. The number of aryl methyl sites for hydroxylation is 1. The maximum atomic E-state index is 12.8. The summed E-state index contributed by atoms with van der Waals surface area (Å²) >= 11 is 1.41. The van der Waals surface area contributed by atoms with Gasteiger partial charge in [-0.3, -0.25) is 15.0 Å². The number of rotatable bonds is 8. The lowest BCUT2D eigenvalue weighted by Gasteiger charge is -2.19. The quantitative estimate of drug-likeness (QED) is 0.286. The van der Waals surface area contributed by atoms with Gasteiger partial charge in [0.05, 0.1) is 36.5 Å². The van der Waals surface area contributed by atoms with E-state index in [0.29, 0.717) is 35.6 Å². The van der Waals surface area contributed by atoms with Crippen molar-refractivity contribution in [2.24, 2.45) is 4.99 Å². The fourth-order valence-corrected chi connectivity index (χ4v) is 5.01. The Kier molecular flexibility index (Phi) is 7.90. The van der Waals surface area contributed by atoms with Gasteiger partial charge in [0.2, 0.25) is 5.91 Å². The Morgan fingerprint density at radius 1 is 1.07 bits per heavy atom. The summed E-state index contributed by atoms with van der Waals surface area (Å²) in [6, 6.07) is 18.0. The number of hydrogen-bond acceptors (Lipinski definition) is 7. The standard InChI is InChI=1S/C28H25F3N6O2S/c1-18-13-23(39-2)11-12-24(18)37-25(38)15-40-27(37)33-16-32-14-19-3-5-20(6-4-19)26-34-17-36(35-26)22-9-7-21(8-10-22)28(29,30)31/h3-13,17,32H,14-16H2,1-2H3/b33-27-. The van der Waals surface area contributed by atoms with Crippen molar-refractivity contribution in [2.45, 2.75) is 19.6 Å². The first-order valence-corrected chi connectivity index (χ1v) is 13.3. The molecule has 12 heteroatoms. The molecule has 0 atom stereocenters. The highest BCUT2D eigenvalue weighted by Gasteiger charge is 2.31. The zero-order valence-corrected chi connectivity index (χ0v) is 22.5. The molecule has 40 heavy (non-hydrogen) atoms. The van der Waals surface area contributed by atoms with Gasteiger partial charge in [-0.05, 0) is 60.5 Å². The number of hydrogen-bond donors (Lipinski definition) is 1. The first kappa shape index (κ1) is 27.4. The third kappa shape index (κ3) is 6.02. The van der Waals surface area contributed by atoms with Crippen LogP contribution in [0.3, 0.4) is 0 Å². The number of halogens is 3. The van der Waals surface area contributed by atoms with Gasteiger partial charge in [0, 0.05) is 12.1 Å². The predicted molar refractivity (Wildman–Crippen MR) is 149 cm³/mol. The van der Waals surface area contributed by atoms with Gasteiger partial charge in [-0.2, -0.15) is 13.2 Å². The number of methoxy groups -OCH3 is 1. The van der Waals surface area contributed by atoms with E-state index in [1.807, 2.05) is 49.4 Å². The molecule has 206 valence electrons. The maximum absolute atomic E-state index is 12.8. The molecule has 0 radical (unpaired) electrons. The van der Waals surface area contributed by atoms with Gasteiger partial charge in [-0.25, -0.2) is 14.7 Å². The summed E-state index contributed by atoms with van der Waals surface area (Å²) in [6.45, 7) is 2.83. The number of benzene rings is 3. The summed E-state index contributed by atoms with van der Waals surface area (Å²) in [7, 11) is 1.61. The second kappa shape index (κ2) is 11.5. The number of carbonyl (C=O) groups excluding carboxylic acids is 1. The lowest BCUT2D eigenvalue weighted by molar-refractivity contribution is -0.137. The lowest BCUT2D eigenvalue weighted by Crippen LogP contribution is -2.30. The van der Waals surface area contributed by atoms with Crippen LogP contribution in [0.5, 0.6) is 5.75 Å². The second-order valence-corrected chi connectivity index (χ2v) is 9.89. The van der Waals surface area contributed by atoms with Crippen LogP contribution in [0.4, 0.5) is 18.9 Å². The van der Waals surface area contributed by atoms with Crippen LogP contribution >= 0.6 is 11.8 Å². The van der Waals surface area contributed by atoms with Crippen molar-refractivity contribution in [2.75, 3.05) is 24.4 Å². The molecule has 1 aliphatic rings. The topological polar surface area (TPSA) is 84.6 Å². The van der Waals surface area contributed by atoms with Crippen LogP contribution < -0.4 is 15.0 Å². The van der Waals surface area contributed by atoms with Crippen LogP contribution in [0.1, 0.15) is 16.7 Å². The maximum Gasteiger partial charge on any atom is 0.416 e. The number of carbonyl (C=O) groups is 1. The van der Waals surface area contributed by atoms with Gasteiger partial charge in [0.25, 0.3) is 0 Å². The van der Waals surface area contributed by atoms with Crippen molar-refractivity contribution in [3.63, 3.8) is 0 Å². The van der Waals surface area contributed by atoms with Crippen LogP contribution in [-0.2, 0) is 17.5 Å². The number of amides is 1. The van der Waals surface area contributed by atoms with E-state index < -0.39 is 11.7 Å². The highest BCUT2D eigenvalue weighted by atomic mass is 32.2. The predicted octanol–water partition coefficient (Wildman–Crippen LogP) is 5.45. The van der Waals surface area contributed by atoms with Crippen molar-refractivity contribution < 1.29 is 22.7 Å². The molecule has 8 nitrogen and oxygen atoms in total. The second-order valence-electron chi connectivity index (χ2n) is 8.95. The largest absolute Gasteiger partial charge is 0.497 e. The average Bonchev–Trinajstić information content (AvgIpc) is 3.58. The van der Waals surface area contributed by atoms with E-state index in [1.54, 1.807) is 12.0 Å². The van der Waals surface area contributed by atoms with E-state index in [1.165, 1.54) is 34.9 Å². The molecular weight excluding hydrogens is 541 g/mol. The van der Waals surface area contributed by atoms with Crippen molar-refractivity contribution >= 4 is 28.5 Å². The van der Waals surface area contributed by atoms with E-state index >= 15 is 0 Å². The molecule has 0 bridgehead atoms. The van der Waals surface area contributed by atoms with Crippen LogP contribution in [0.15, 0.2) is 78.0 Å². The SMILES string of the molecule is COc1ccc(N2C(=O)CS/C2=N\CNCc2ccc(-c3ncn(-c4ccc(C(F)(F)F)cc4)n3)cc2)c(C)c1. The van der Waals surface area contributed by atoms with E-state index in [0.717, 1.165) is 40.3 Å². The van der Waals surface area contributed by atoms with Crippen molar-refractivity contribution in [3.05, 3.63) is 89.7 Å². The number of amidine groups is 1. The Morgan fingerprint density at radius 2 is 1.82 bits per heavy atom. The Labute approximate surface area is 232 Å². The summed E-state index contributed by atoms with van der Waals surface area (Å²) < 4.78 is 45.1. The molecule has 3 aromatic carbocycles. The van der Waals surface area contributed by atoms with Gasteiger partial charge in [0.15, 0.2) is 11.0 Å². The average molecular weight is 567 g/mol. The minimum atomic E-state index is -4.39. The van der Waals surface area contributed by atoms with E-state index in [9.17, 15) is 18.0 Å². The molecule has 0 unspecified atom stereocenters. The Balaban J connectivity index is 1.18. The molecule has 1 amide bonds. The van der Waals surface area contributed by atoms with E-state index in [4.69, 9.17) is 4.74 Å². The molecule has 0 spiro atoms. The molecule has 0 saturated carbocycles. The fourth-order valence-electron chi connectivity index (χ4n) is 4.14. The van der Waals surface area contributed by atoms with Crippen LogP contribution in [0.2, 0.25) is 0 Å². The minimum Gasteiger partial charge on any atom is -0.497 e. The lowest BCUT2D eigenvalue weighted by atomic mass is 10.1. The summed E-state index contributed by atoms with van der Waals surface area (Å²) in [5.41, 5.74) is 3.28. The third-order valence-electron chi connectivity index (χ3n) is 6.23. The van der Waals surface area contributed by atoms with Crippen molar-refractivity contribution in [1.29, 1.82) is 0 Å². The van der Waals surface area contributed by atoms with Crippen LogP contribution in [0.25, 0.3) is 17.1 Å².